The third-order valence-electron chi connectivity index (χ3n) is 3.27. The first kappa shape index (κ1) is 13.9. The summed E-state index contributed by atoms with van der Waals surface area (Å²) < 4.78 is 0. The molecule has 0 atom stereocenters. The summed E-state index contributed by atoms with van der Waals surface area (Å²) in [5.74, 6) is 0. The highest BCUT2D eigenvalue weighted by molar-refractivity contribution is 5.60. The summed E-state index contributed by atoms with van der Waals surface area (Å²) in [5.41, 5.74) is 4.01. The average molecular weight is 234 g/mol. The van der Waals surface area contributed by atoms with E-state index in [2.05, 4.69) is 49.2 Å². The predicted molar refractivity (Wildman–Crippen MR) is 78.2 cm³/mol. The number of nitrogens with one attached hydrogen (secondary N) is 1. The summed E-state index contributed by atoms with van der Waals surface area (Å²) in [6.07, 6.45) is 3.60. The van der Waals surface area contributed by atoms with Gasteiger partial charge < -0.3 is 10.2 Å². The van der Waals surface area contributed by atoms with E-state index < -0.39 is 0 Å². The lowest BCUT2D eigenvalue weighted by Gasteiger charge is -2.24. The third kappa shape index (κ3) is 3.65. The second-order valence-corrected chi connectivity index (χ2v) is 4.38. The Morgan fingerprint density at radius 2 is 1.94 bits per heavy atom. The number of hydrogen-bond acceptors (Lipinski definition) is 2. The van der Waals surface area contributed by atoms with Crippen LogP contribution >= 0.6 is 0 Å². The number of hydrogen-bond donors (Lipinski definition) is 1. The molecule has 0 unspecified atom stereocenters. The van der Waals surface area contributed by atoms with Gasteiger partial charge in [0.25, 0.3) is 0 Å². The van der Waals surface area contributed by atoms with Gasteiger partial charge in [-0.15, -0.1) is 0 Å². The molecule has 0 aliphatic carbocycles. The van der Waals surface area contributed by atoms with Crippen molar-refractivity contribution in [1.29, 1.82) is 0 Å². The molecule has 0 heterocycles. The average Bonchev–Trinajstić information content (AvgIpc) is 2.39. The summed E-state index contributed by atoms with van der Waals surface area (Å²) in [6, 6.07) is 6.75. The molecule has 0 amide bonds. The molecule has 0 aliphatic heterocycles. The van der Waals surface area contributed by atoms with Crippen molar-refractivity contribution in [3.05, 3.63) is 23.8 Å². The maximum absolute atomic E-state index is 3.26. The molecule has 0 aromatic heterocycles. The van der Waals surface area contributed by atoms with Crippen molar-refractivity contribution in [3.8, 4) is 0 Å². The summed E-state index contributed by atoms with van der Waals surface area (Å²) >= 11 is 0. The molecule has 96 valence electrons. The van der Waals surface area contributed by atoms with Crippen LogP contribution in [0.15, 0.2) is 18.2 Å². The van der Waals surface area contributed by atoms with Crippen molar-refractivity contribution in [2.45, 2.75) is 40.0 Å². The van der Waals surface area contributed by atoms with Crippen LogP contribution in [-0.4, -0.2) is 20.1 Å². The summed E-state index contributed by atoms with van der Waals surface area (Å²) in [7, 11) is 1.99. The fourth-order valence-corrected chi connectivity index (χ4v) is 2.13. The summed E-state index contributed by atoms with van der Waals surface area (Å²) in [5, 5.41) is 3.26. The Labute approximate surface area is 106 Å². The second kappa shape index (κ2) is 7.21. The molecule has 1 N–H and O–H groups in total. The van der Waals surface area contributed by atoms with Crippen LogP contribution in [0.3, 0.4) is 0 Å². The molecule has 0 saturated heterocycles. The number of anilines is 2. The Morgan fingerprint density at radius 1 is 1.18 bits per heavy atom. The van der Waals surface area contributed by atoms with E-state index in [1.165, 1.54) is 29.8 Å². The van der Waals surface area contributed by atoms with E-state index in [4.69, 9.17) is 0 Å². The normalized spacial score (nSPS) is 10.4. The van der Waals surface area contributed by atoms with Crippen molar-refractivity contribution in [3.63, 3.8) is 0 Å². The van der Waals surface area contributed by atoms with E-state index in [1.807, 2.05) is 7.05 Å². The lowest BCUT2D eigenvalue weighted by atomic mass is 10.1. The molecular formula is C15H26N2. The molecule has 1 rings (SSSR count). The first-order chi connectivity index (χ1) is 8.26. The summed E-state index contributed by atoms with van der Waals surface area (Å²) in [6.45, 7) is 8.93. The lowest BCUT2D eigenvalue weighted by Crippen LogP contribution is -2.23. The highest BCUT2D eigenvalue weighted by Gasteiger charge is 2.06. The van der Waals surface area contributed by atoms with Gasteiger partial charge in [-0.3, -0.25) is 0 Å². The van der Waals surface area contributed by atoms with Gasteiger partial charge in [-0.25, -0.2) is 0 Å². The predicted octanol–water partition coefficient (Wildman–Crippen LogP) is 3.92. The van der Waals surface area contributed by atoms with E-state index in [-0.39, 0.29) is 0 Å². The molecule has 0 fully saturated rings. The van der Waals surface area contributed by atoms with E-state index in [0.717, 1.165) is 19.5 Å². The zero-order valence-corrected chi connectivity index (χ0v) is 11.7. The van der Waals surface area contributed by atoms with Gasteiger partial charge in [0.2, 0.25) is 0 Å². The number of aryl methyl sites for hydroxylation is 1. The van der Waals surface area contributed by atoms with Crippen molar-refractivity contribution < 1.29 is 0 Å². The zero-order valence-electron chi connectivity index (χ0n) is 11.7. The van der Waals surface area contributed by atoms with E-state index in [0.29, 0.717) is 0 Å². The van der Waals surface area contributed by atoms with Gasteiger partial charge >= 0.3 is 0 Å². The van der Waals surface area contributed by atoms with Crippen LogP contribution in [0, 0.1) is 0 Å². The Hall–Kier alpha value is -1.18. The van der Waals surface area contributed by atoms with Crippen LogP contribution in [-0.2, 0) is 6.42 Å². The van der Waals surface area contributed by atoms with Crippen LogP contribution in [0.25, 0.3) is 0 Å². The van der Waals surface area contributed by atoms with Crippen molar-refractivity contribution >= 4 is 11.4 Å². The Kier molecular flexibility index (Phi) is 5.88. The third-order valence-corrected chi connectivity index (χ3v) is 3.27. The van der Waals surface area contributed by atoms with Gasteiger partial charge in [0.1, 0.15) is 0 Å². The van der Waals surface area contributed by atoms with Crippen LogP contribution in [0.2, 0.25) is 0 Å². The highest BCUT2D eigenvalue weighted by Crippen LogP contribution is 2.23. The van der Waals surface area contributed by atoms with Crippen LogP contribution in [0.4, 0.5) is 11.4 Å². The van der Waals surface area contributed by atoms with Crippen molar-refractivity contribution in [1.82, 2.24) is 0 Å². The fourth-order valence-electron chi connectivity index (χ4n) is 2.13. The highest BCUT2D eigenvalue weighted by atomic mass is 15.1. The fraction of sp³-hybridized carbons (Fsp3) is 0.600. The molecule has 1 aromatic rings. The van der Waals surface area contributed by atoms with Crippen molar-refractivity contribution in [2.24, 2.45) is 0 Å². The van der Waals surface area contributed by atoms with E-state index in [1.54, 1.807) is 0 Å². The Balaban J connectivity index is 2.88. The molecule has 2 heteroatoms. The molecule has 1 aromatic carbocycles. The van der Waals surface area contributed by atoms with Crippen LogP contribution in [0.1, 0.15) is 39.2 Å². The molecular weight excluding hydrogens is 208 g/mol. The van der Waals surface area contributed by atoms with Gasteiger partial charge in [0, 0.05) is 31.5 Å². The quantitative estimate of drug-likeness (QED) is 0.769. The van der Waals surface area contributed by atoms with Gasteiger partial charge in [0.05, 0.1) is 0 Å². The molecule has 0 radical (unpaired) electrons. The number of nitrogens with zero attached hydrogens (tertiary/aromatic N) is 1. The van der Waals surface area contributed by atoms with Gasteiger partial charge in [-0.2, -0.15) is 0 Å². The van der Waals surface area contributed by atoms with Crippen LogP contribution < -0.4 is 10.2 Å². The number of unbranched alkanes of at least 4 members (excludes halogenated alkanes) is 1. The first-order valence-electron chi connectivity index (χ1n) is 6.82. The molecule has 0 aliphatic rings. The molecule has 0 bridgehead atoms. The van der Waals surface area contributed by atoms with Gasteiger partial charge in [0.15, 0.2) is 0 Å². The summed E-state index contributed by atoms with van der Waals surface area (Å²) in [4.78, 5) is 2.46. The molecule has 0 saturated carbocycles. The maximum Gasteiger partial charge on any atom is 0.0371 e. The standard InChI is InChI=1S/C15H26N2/c1-5-8-11-17(7-3)14-9-10-15(16-4)13(6-2)12-14/h9-10,12,16H,5-8,11H2,1-4H3. The monoisotopic (exact) mass is 234 g/mol. The Morgan fingerprint density at radius 3 is 2.47 bits per heavy atom. The number of rotatable bonds is 7. The topological polar surface area (TPSA) is 15.3 Å². The molecule has 17 heavy (non-hydrogen) atoms. The first-order valence-corrected chi connectivity index (χ1v) is 6.82. The Bertz CT molecular complexity index is 334. The van der Waals surface area contributed by atoms with E-state index >= 15 is 0 Å². The van der Waals surface area contributed by atoms with E-state index in [9.17, 15) is 0 Å². The second-order valence-electron chi connectivity index (χ2n) is 4.38. The number of benzene rings is 1. The largest absolute Gasteiger partial charge is 0.388 e. The van der Waals surface area contributed by atoms with Gasteiger partial charge in [-0.05, 0) is 43.5 Å². The smallest absolute Gasteiger partial charge is 0.0371 e. The van der Waals surface area contributed by atoms with Gasteiger partial charge in [-0.1, -0.05) is 20.3 Å². The zero-order chi connectivity index (χ0) is 12.7. The minimum Gasteiger partial charge on any atom is -0.388 e. The minimum atomic E-state index is 1.08. The minimum absolute atomic E-state index is 1.08. The molecule has 0 spiro atoms. The lowest BCUT2D eigenvalue weighted by molar-refractivity contribution is 0.732. The van der Waals surface area contributed by atoms with Crippen LogP contribution in [0.5, 0.6) is 0 Å². The molecule has 2 nitrogen and oxygen atoms in total. The maximum atomic E-state index is 3.26. The van der Waals surface area contributed by atoms with Crippen molar-refractivity contribution in [2.75, 3.05) is 30.4 Å². The SMILES string of the molecule is CCCCN(CC)c1ccc(NC)c(CC)c1.